The number of fused-ring (bicyclic) bond motifs is 2. The Balaban J connectivity index is 1.65. The van der Waals surface area contributed by atoms with E-state index in [1.807, 2.05) is 18.2 Å². The molecule has 1 aromatic carbocycles. The average Bonchev–Trinajstić information content (AvgIpc) is 3.07. The second-order valence-electron chi connectivity index (χ2n) is 5.16. The molecule has 0 fully saturated rings. The maximum atomic E-state index is 6.36. The van der Waals surface area contributed by atoms with Gasteiger partial charge in [-0.05, 0) is 37.0 Å². The van der Waals surface area contributed by atoms with E-state index in [0.717, 1.165) is 34.9 Å². The number of nitrogens with zero attached hydrogens (tertiary/aromatic N) is 1. The Morgan fingerprint density at radius 2 is 2.00 bits per heavy atom. The van der Waals surface area contributed by atoms with Crippen molar-refractivity contribution in [3.8, 4) is 11.5 Å². The molecule has 4 nitrogen and oxygen atoms in total. The molecule has 20 heavy (non-hydrogen) atoms. The van der Waals surface area contributed by atoms with Gasteiger partial charge in [0.25, 0.3) is 0 Å². The summed E-state index contributed by atoms with van der Waals surface area (Å²) in [6.45, 7) is 1.20. The number of hydrogen-bond donors (Lipinski definition) is 1. The highest BCUT2D eigenvalue weighted by Gasteiger charge is 2.22. The summed E-state index contributed by atoms with van der Waals surface area (Å²) >= 11 is 1.75. The van der Waals surface area contributed by atoms with Crippen LogP contribution in [0.3, 0.4) is 0 Å². The van der Waals surface area contributed by atoms with Crippen LogP contribution in [-0.4, -0.2) is 18.2 Å². The third-order valence-corrected chi connectivity index (χ3v) is 5.04. The van der Waals surface area contributed by atoms with Gasteiger partial charge in [-0.15, -0.1) is 11.3 Å². The minimum Gasteiger partial charge on any atom is -0.486 e. The van der Waals surface area contributed by atoms with E-state index in [1.54, 1.807) is 11.3 Å². The largest absolute Gasteiger partial charge is 0.486 e. The molecule has 0 saturated carbocycles. The molecular weight excluding hydrogens is 272 g/mol. The van der Waals surface area contributed by atoms with Gasteiger partial charge in [0.05, 0.1) is 11.7 Å². The minimum atomic E-state index is -0.179. The van der Waals surface area contributed by atoms with Crippen molar-refractivity contribution >= 4 is 11.3 Å². The van der Waals surface area contributed by atoms with Crippen LogP contribution < -0.4 is 15.2 Å². The summed E-state index contributed by atoms with van der Waals surface area (Å²) in [6.07, 6.45) is 3.48. The lowest BCUT2D eigenvalue weighted by Gasteiger charge is -2.20. The molecular formula is C15H16N2O2S. The quantitative estimate of drug-likeness (QED) is 0.922. The Morgan fingerprint density at radius 1 is 1.15 bits per heavy atom. The molecule has 104 valence electrons. The third-order valence-electron chi connectivity index (χ3n) is 3.80. The highest BCUT2D eigenvalue weighted by atomic mass is 32.1. The maximum Gasteiger partial charge on any atom is 0.161 e. The van der Waals surface area contributed by atoms with E-state index in [1.165, 1.54) is 17.0 Å². The summed E-state index contributed by atoms with van der Waals surface area (Å²) in [5.74, 6) is 1.59. The Bertz CT molecular complexity index is 632. The van der Waals surface area contributed by atoms with Crippen LogP contribution >= 0.6 is 11.3 Å². The fraction of sp³-hybridized carbons (Fsp3) is 0.400. The highest BCUT2D eigenvalue weighted by molar-refractivity contribution is 7.11. The fourth-order valence-electron chi connectivity index (χ4n) is 2.74. The van der Waals surface area contributed by atoms with Gasteiger partial charge in [-0.3, -0.25) is 0 Å². The first-order valence-electron chi connectivity index (χ1n) is 6.95. The van der Waals surface area contributed by atoms with Crippen LogP contribution in [0.15, 0.2) is 18.2 Å². The number of rotatable bonds is 2. The topological polar surface area (TPSA) is 57.4 Å². The Hall–Kier alpha value is -1.59. The minimum absolute atomic E-state index is 0.179. The van der Waals surface area contributed by atoms with Gasteiger partial charge in [-0.2, -0.15) is 0 Å². The molecule has 0 amide bonds. The number of hydrogen-bond acceptors (Lipinski definition) is 5. The molecule has 1 aliphatic carbocycles. The second kappa shape index (κ2) is 4.75. The molecule has 1 unspecified atom stereocenters. The average molecular weight is 288 g/mol. The lowest BCUT2D eigenvalue weighted by atomic mass is 10.1. The first-order valence-corrected chi connectivity index (χ1v) is 7.76. The number of benzene rings is 1. The van der Waals surface area contributed by atoms with Crippen LogP contribution in [0.5, 0.6) is 11.5 Å². The third kappa shape index (κ3) is 1.98. The van der Waals surface area contributed by atoms with Gasteiger partial charge in [-0.1, -0.05) is 6.07 Å². The first kappa shape index (κ1) is 12.2. The van der Waals surface area contributed by atoms with Gasteiger partial charge in [0.15, 0.2) is 11.5 Å². The van der Waals surface area contributed by atoms with Crippen LogP contribution in [0.25, 0.3) is 0 Å². The summed E-state index contributed by atoms with van der Waals surface area (Å²) in [5.41, 5.74) is 8.64. The number of aromatic nitrogens is 1. The predicted octanol–water partition coefficient (Wildman–Crippen LogP) is 2.45. The van der Waals surface area contributed by atoms with Crippen molar-refractivity contribution in [1.29, 1.82) is 0 Å². The van der Waals surface area contributed by atoms with E-state index < -0.39 is 0 Å². The van der Waals surface area contributed by atoms with E-state index in [-0.39, 0.29) is 6.04 Å². The molecule has 4 rings (SSSR count). The molecule has 5 heteroatoms. The summed E-state index contributed by atoms with van der Waals surface area (Å²) in [6, 6.07) is 5.74. The maximum absolute atomic E-state index is 6.36. The molecule has 2 heterocycles. The number of nitrogens with two attached hydrogens (primary N) is 1. The zero-order valence-electron chi connectivity index (χ0n) is 11.1. The molecule has 1 aliphatic heterocycles. The SMILES string of the molecule is NC(c1ccc2c(c1)OCCO2)c1nc2c(s1)CCC2. The van der Waals surface area contributed by atoms with Crippen molar-refractivity contribution in [3.63, 3.8) is 0 Å². The second-order valence-corrected chi connectivity index (χ2v) is 6.27. The number of ether oxygens (including phenoxy) is 2. The van der Waals surface area contributed by atoms with Gasteiger partial charge in [0.1, 0.15) is 18.2 Å². The molecule has 2 aromatic rings. The number of thiazole rings is 1. The van der Waals surface area contributed by atoms with E-state index >= 15 is 0 Å². The standard InChI is InChI=1S/C15H16N2O2S/c16-14(15-17-10-2-1-3-13(10)20-15)9-4-5-11-12(8-9)19-7-6-18-11/h4-5,8,14H,1-3,6-7,16H2. The van der Waals surface area contributed by atoms with Crippen molar-refractivity contribution in [2.24, 2.45) is 5.73 Å². The van der Waals surface area contributed by atoms with Crippen LogP contribution in [0, 0.1) is 0 Å². The van der Waals surface area contributed by atoms with Gasteiger partial charge in [0.2, 0.25) is 0 Å². The van der Waals surface area contributed by atoms with Crippen molar-refractivity contribution in [3.05, 3.63) is 39.3 Å². The summed E-state index contributed by atoms with van der Waals surface area (Å²) in [4.78, 5) is 6.11. The molecule has 2 aliphatic rings. The van der Waals surface area contributed by atoms with E-state index in [9.17, 15) is 0 Å². The van der Waals surface area contributed by atoms with E-state index in [4.69, 9.17) is 20.2 Å². The van der Waals surface area contributed by atoms with Gasteiger partial charge < -0.3 is 15.2 Å². The van der Waals surface area contributed by atoms with Crippen LogP contribution in [0.1, 0.15) is 33.6 Å². The molecule has 2 N–H and O–H groups in total. The molecule has 0 bridgehead atoms. The smallest absolute Gasteiger partial charge is 0.161 e. The predicted molar refractivity (Wildman–Crippen MR) is 77.6 cm³/mol. The zero-order chi connectivity index (χ0) is 13.5. The Labute approximate surface area is 121 Å². The summed E-state index contributed by atoms with van der Waals surface area (Å²) in [5, 5.41) is 1.01. The summed E-state index contributed by atoms with van der Waals surface area (Å²) in [7, 11) is 0. The van der Waals surface area contributed by atoms with Crippen molar-refractivity contribution in [2.45, 2.75) is 25.3 Å². The van der Waals surface area contributed by atoms with Crippen molar-refractivity contribution in [1.82, 2.24) is 4.98 Å². The molecule has 1 atom stereocenters. The van der Waals surface area contributed by atoms with E-state index in [0.29, 0.717) is 13.2 Å². The van der Waals surface area contributed by atoms with Crippen LogP contribution in [0.2, 0.25) is 0 Å². The van der Waals surface area contributed by atoms with Crippen LogP contribution in [-0.2, 0) is 12.8 Å². The first-order chi connectivity index (χ1) is 9.81. The number of aryl methyl sites for hydroxylation is 2. The lowest BCUT2D eigenvalue weighted by Crippen LogP contribution is -2.17. The molecule has 1 aromatic heterocycles. The monoisotopic (exact) mass is 288 g/mol. The molecule has 0 spiro atoms. The van der Waals surface area contributed by atoms with Gasteiger partial charge >= 0.3 is 0 Å². The van der Waals surface area contributed by atoms with Crippen molar-refractivity contribution in [2.75, 3.05) is 13.2 Å². The molecule has 0 saturated heterocycles. The van der Waals surface area contributed by atoms with E-state index in [2.05, 4.69) is 0 Å². The zero-order valence-corrected chi connectivity index (χ0v) is 11.9. The van der Waals surface area contributed by atoms with Gasteiger partial charge in [0, 0.05) is 4.88 Å². The van der Waals surface area contributed by atoms with Crippen molar-refractivity contribution < 1.29 is 9.47 Å². The summed E-state index contributed by atoms with van der Waals surface area (Å²) < 4.78 is 11.1. The normalized spacial score (nSPS) is 17.9. The Kier molecular flexibility index (Phi) is 2.89. The highest BCUT2D eigenvalue weighted by Crippen LogP contribution is 2.36. The van der Waals surface area contributed by atoms with Gasteiger partial charge in [-0.25, -0.2) is 4.98 Å². The van der Waals surface area contributed by atoms with Crippen LogP contribution in [0.4, 0.5) is 0 Å². The molecule has 0 radical (unpaired) electrons. The lowest BCUT2D eigenvalue weighted by molar-refractivity contribution is 0.171. The Morgan fingerprint density at radius 3 is 2.85 bits per heavy atom. The fourth-order valence-corrected chi connectivity index (χ4v) is 3.92.